The molecule has 0 radical (unpaired) electrons. The van der Waals surface area contributed by atoms with Crippen LogP contribution in [-0.2, 0) is 6.42 Å². The summed E-state index contributed by atoms with van der Waals surface area (Å²) in [6.45, 7) is 3.03. The van der Waals surface area contributed by atoms with Crippen molar-refractivity contribution in [2.45, 2.75) is 26.2 Å². The quantitative estimate of drug-likeness (QED) is 0.337. The van der Waals surface area contributed by atoms with Crippen molar-refractivity contribution in [2.24, 2.45) is 5.92 Å². The number of rotatable bonds is 8. The lowest BCUT2D eigenvalue weighted by molar-refractivity contribution is 0.0745. The van der Waals surface area contributed by atoms with Gasteiger partial charge in [-0.05, 0) is 73.6 Å². The lowest BCUT2D eigenvalue weighted by atomic mass is 10.1. The zero-order valence-corrected chi connectivity index (χ0v) is 19.8. The zero-order valence-electron chi connectivity index (χ0n) is 19.0. The first kappa shape index (κ1) is 22.5. The number of nitrogens with one attached hydrogen (secondary N) is 1. The molecule has 1 fully saturated rings. The molecule has 1 aliphatic rings. The number of hydrogen-bond acceptors (Lipinski definition) is 4. The van der Waals surface area contributed by atoms with Gasteiger partial charge in [-0.1, -0.05) is 6.07 Å². The van der Waals surface area contributed by atoms with Gasteiger partial charge in [-0.3, -0.25) is 4.79 Å². The summed E-state index contributed by atoms with van der Waals surface area (Å²) in [6.07, 6.45) is 4.71. The first-order valence-electron chi connectivity index (χ1n) is 11.3. The Bertz CT molecular complexity index is 1360. The highest BCUT2D eigenvalue weighted by molar-refractivity contribution is 7.15. The van der Waals surface area contributed by atoms with Crippen LogP contribution in [0, 0.1) is 24.5 Å². The fourth-order valence-electron chi connectivity index (χ4n) is 4.22. The van der Waals surface area contributed by atoms with E-state index in [9.17, 15) is 13.6 Å². The average Bonchev–Trinajstić information content (AvgIpc) is 3.44. The SMILES string of the molecule is COc1cc(-c2sc(C)nc2C(=O)N(CCc2c[nH]c3ccc(F)cc23)CC2CC2)ccc1F. The molecule has 0 aliphatic heterocycles. The summed E-state index contributed by atoms with van der Waals surface area (Å²) in [5, 5.41) is 1.60. The van der Waals surface area contributed by atoms with Gasteiger partial charge in [0.15, 0.2) is 11.6 Å². The fraction of sp³-hybridized carbons (Fsp3) is 0.308. The number of nitrogens with zero attached hydrogens (tertiary/aromatic N) is 2. The number of methoxy groups -OCH3 is 1. The Morgan fingerprint density at radius 3 is 2.82 bits per heavy atom. The van der Waals surface area contributed by atoms with Crippen molar-refractivity contribution in [1.29, 1.82) is 0 Å². The van der Waals surface area contributed by atoms with Crippen molar-refractivity contribution in [1.82, 2.24) is 14.9 Å². The molecular weight excluding hydrogens is 456 g/mol. The second-order valence-corrected chi connectivity index (χ2v) is 9.91. The van der Waals surface area contributed by atoms with Crippen molar-refractivity contribution in [3.63, 3.8) is 0 Å². The smallest absolute Gasteiger partial charge is 0.274 e. The van der Waals surface area contributed by atoms with Crippen LogP contribution < -0.4 is 4.74 Å². The highest BCUT2D eigenvalue weighted by Crippen LogP contribution is 2.35. The molecule has 1 aliphatic carbocycles. The maximum Gasteiger partial charge on any atom is 0.274 e. The van der Waals surface area contributed by atoms with E-state index >= 15 is 0 Å². The number of benzene rings is 2. The number of amides is 1. The first-order chi connectivity index (χ1) is 16.4. The standard InChI is InChI=1S/C26H25F2N3O2S/c1-15-30-24(25(34-15)17-5-7-21(28)23(11-17)33-2)26(32)31(14-16-3-4-16)10-9-18-13-29-22-8-6-19(27)12-20(18)22/h5-8,11-13,16,29H,3-4,9-10,14H2,1-2H3. The molecule has 8 heteroatoms. The van der Waals surface area contributed by atoms with Crippen LogP contribution in [0.25, 0.3) is 21.3 Å². The van der Waals surface area contributed by atoms with Crippen LogP contribution in [-0.4, -0.2) is 41.0 Å². The number of thiazole rings is 1. The van der Waals surface area contributed by atoms with Crippen molar-refractivity contribution in [2.75, 3.05) is 20.2 Å². The summed E-state index contributed by atoms with van der Waals surface area (Å²) < 4.78 is 32.9. The third-order valence-electron chi connectivity index (χ3n) is 6.19. The van der Waals surface area contributed by atoms with Crippen molar-refractivity contribution < 1.29 is 18.3 Å². The van der Waals surface area contributed by atoms with Crippen molar-refractivity contribution in [3.8, 4) is 16.2 Å². The number of fused-ring (bicyclic) bond motifs is 1. The van der Waals surface area contributed by atoms with Gasteiger partial charge in [-0.2, -0.15) is 0 Å². The minimum absolute atomic E-state index is 0.128. The molecule has 4 aromatic rings. The molecule has 0 spiro atoms. The van der Waals surface area contributed by atoms with E-state index in [1.165, 1.54) is 36.6 Å². The van der Waals surface area contributed by atoms with E-state index in [0.717, 1.165) is 34.3 Å². The maximum atomic E-state index is 14.0. The molecule has 34 heavy (non-hydrogen) atoms. The third-order valence-corrected chi connectivity index (χ3v) is 7.21. The third kappa shape index (κ3) is 4.55. The van der Waals surface area contributed by atoms with Crippen LogP contribution in [0.15, 0.2) is 42.6 Å². The van der Waals surface area contributed by atoms with Crippen LogP contribution in [0.1, 0.15) is 33.9 Å². The number of H-pyrrole nitrogens is 1. The summed E-state index contributed by atoms with van der Waals surface area (Å²) in [6, 6.07) is 9.27. The highest BCUT2D eigenvalue weighted by Gasteiger charge is 2.30. The Balaban J connectivity index is 1.43. The summed E-state index contributed by atoms with van der Waals surface area (Å²) in [7, 11) is 1.42. The van der Waals surface area contributed by atoms with E-state index in [4.69, 9.17) is 4.74 Å². The number of carbonyl (C=O) groups excluding carboxylic acids is 1. The van der Waals surface area contributed by atoms with Crippen LogP contribution >= 0.6 is 11.3 Å². The van der Waals surface area contributed by atoms with E-state index in [1.807, 2.05) is 18.0 Å². The van der Waals surface area contributed by atoms with Gasteiger partial charge in [0.2, 0.25) is 0 Å². The second kappa shape index (κ2) is 9.18. The summed E-state index contributed by atoms with van der Waals surface area (Å²) >= 11 is 1.41. The van der Waals surface area contributed by atoms with Crippen LogP contribution in [0.2, 0.25) is 0 Å². The Hall–Kier alpha value is -3.26. The average molecular weight is 482 g/mol. The van der Waals surface area contributed by atoms with E-state index < -0.39 is 5.82 Å². The number of aromatic nitrogens is 2. The Kier molecular flexibility index (Phi) is 6.08. The normalized spacial score (nSPS) is 13.4. The van der Waals surface area contributed by atoms with Gasteiger partial charge in [0.05, 0.1) is 17.0 Å². The number of aromatic amines is 1. The van der Waals surface area contributed by atoms with E-state index in [1.54, 1.807) is 18.2 Å². The number of carbonyl (C=O) groups is 1. The van der Waals surface area contributed by atoms with Crippen LogP contribution in [0.5, 0.6) is 5.75 Å². The zero-order chi connectivity index (χ0) is 23.8. The van der Waals surface area contributed by atoms with Crippen molar-refractivity contribution in [3.05, 3.63) is 70.5 Å². The van der Waals surface area contributed by atoms with Crippen LogP contribution in [0.3, 0.4) is 0 Å². The monoisotopic (exact) mass is 481 g/mol. The fourth-order valence-corrected chi connectivity index (χ4v) is 5.13. The molecule has 2 aromatic heterocycles. The molecule has 1 amide bonds. The van der Waals surface area contributed by atoms with Gasteiger partial charge in [-0.15, -0.1) is 11.3 Å². The minimum Gasteiger partial charge on any atom is -0.494 e. The predicted octanol–water partition coefficient (Wildman–Crippen LogP) is 5.98. The molecule has 176 valence electrons. The highest BCUT2D eigenvalue weighted by atomic mass is 32.1. The molecule has 0 saturated heterocycles. The maximum absolute atomic E-state index is 14.0. The molecule has 2 aromatic carbocycles. The number of ether oxygens (including phenoxy) is 1. The van der Waals surface area contributed by atoms with Gasteiger partial charge in [-0.25, -0.2) is 13.8 Å². The molecule has 1 saturated carbocycles. The Morgan fingerprint density at radius 2 is 2.06 bits per heavy atom. The van der Waals surface area contributed by atoms with Gasteiger partial charge in [0.1, 0.15) is 11.5 Å². The summed E-state index contributed by atoms with van der Waals surface area (Å²) in [4.78, 5) is 24.0. The molecular formula is C26H25F2N3O2S. The largest absolute Gasteiger partial charge is 0.494 e. The summed E-state index contributed by atoms with van der Waals surface area (Å²) in [5.74, 6) is -0.246. The van der Waals surface area contributed by atoms with Gasteiger partial charge < -0.3 is 14.6 Å². The van der Waals surface area contributed by atoms with Gasteiger partial charge >= 0.3 is 0 Å². The van der Waals surface area contributed by atoms with E-state index in [2.05, 4.69) is 9.97 Å². The number of halogens is 2. The number of aryl methyl sites for hydroxylation is 1. The van der Waals surface area contributed by atoms with Gasteiger partial charge in [0.25, 0.3) is 5.91 Å². The minimum atomic E-state index is -0.453. The Morgan fingerprint density at radius 1 is 1.24 bits per heavy atom. The molecule has 5 rings (SSSR count). The van der Waals surface area contributed by atoms with E-state index in [-0.39, 0.29) is 17.5 Å². The van der Waals surface area contributed by atoms with Gasteiger partial charge in [0, 0.05) is 30.2 Å². The molecule has 0 bridgehead atoms. The molecule has 0 unspecified atom stereocenters. The first-order valence-corrected chi connectivity index (χ1v) is 12.1. The summed E-state index contributed by atoms with van der Waals surface area (Å²) in [5.41, 5.74) is 2.92. The molecule has 5 nitrogen and oxygen atoms in total. The van der Waals surface area contributed by atoms with E-state index in [0.29, 0.717) is 41.6 Å². The second-order valence-electron chi connectivity index (χ2n) is 8.71. The molecule has 0 atom stereocenters. The lowest BCUT2D eigenvalue weighted by Crippen LogP contribution is -2.35. The topological polar surface area (TPSA) is 58.2 Å². The van der Waals surface area contributed by atoms with Crippen LogP contribution in [0.4, 0.5) is 8.78 Å². The lowest BCUT2D eigenvalue weighted by Gasteiger charge is -2.22. The molecule has 2 heterocycles. The molecule has 1 N–H and O–H groups in total. The number of hydrogen-bond donors (Lipinski definition) is 1. The predicted molar refractivity (Wildman–Crippen MR) is 129 cm³/mol. The van der Waals surface area contributed by atoms with Crippen molar-refractivity contribution >= 4 is 28.1 Å². The Labute approximate surface area is 200 Å².